The second kappa shape index (κ2) is 6.20. The van der Waals surface area contributed by atoms with E-state index < -0.39 is 10.0 Å². The molecule has 4 nitrogen and oxygen atoms in total. The zero-order chi connectivity index (χ0) is 14.9. The molecule has 0 spiro atoms. The molecule has 0 unspecified atom stereocenters. The van der Waals surface area contributed by atoms with Gasteiger partial charge in [0.25, 0.3) is 0 Å². The number of nitrogens with two attached hydrogens (primary N) is 1. The van der Waals surface area contributed by atoms with Crippen LogP contribution in [0, 0.1) is 5.92 Å². The lowest BCUT2D eigenvalue weighted by atomic mass is 9.86. The van der Waals surface area contributed by atoms with Crippen molar-refractivity contribution < 1.29 is 8.42 Å². The van der Waals surface area contributed by atoms with E-state index in [0.717, 1.165) is 12.8 Å². The predicted molar refractivity (Wildman–Crippen MR) is 81.5 cm³/mol. The van der Waals surface area contributed by atoms with Gasteiger partial charge < -0.3 is 5.73 Å². The van der Waals surface area contributed by atoms with Gasteiger partial charge in [0.05, 0.1) is 5.02 Å². The lowest BCUT2D eigenvalue weighted by molar-refractivity contribution is 0.263. The van der Waals surface area contributed by atoms with Crippen molar-refractivity contribution in [2.45, 2.75) is 30.7 Å². The van der Waals surface area contributed by atoms with Crippen LogP contribution in [-0.2, 0) is 16.6 Å². The predicted octanol–water partition coefficient (Wildman–Crippen LogP) is 2.87. The fourth-order valence-electron chi connectivity index (χ4n) is 2.27. The van der Waals surface area contributed by atoms with E-state index in [1.165, 1.54) is 22.9 Å². The first kappa shape index (κ1) is 16.0. The average molecular weight is 337 g/mol. The second-order valence-corrected chi connectivity index (χ2v) is 7.92. The highest BCUT2D eigenvalue weighted by molar-refractivity contribution is 7.89. The van der Waals surface area contributed by atoms with Crippen LogP contribution < -0.4 is 5.73 Å². The maximum Gasteiger partial charge on any atom is 0.244 e. The standard InChI is InChI=1S/C13H18Cl2N2O2S/c1-17(8-9-3-2-4-9)20(18,19)12-6-5-11(14)10(7-16)13(12)15/h5-6,9H,2-4,7-8,16H2,1H3. The summed E-state index contributed by atoms with van der Waals surface area (Å²) in [5, 5.41) is 0.513. The monoisotopic (exact) mass is 336 g/mol. The Morgan fingerprint density at radius 1 is 1.35 bits per heavy atom. The molecule has 2 rings (SSSR count). The average Bonchev–Trinajstić information content (AvgIpc) is 2.33. The lowest BCUT2D eigenvalue weighted by Crippen LogP contribution is -2.34. The van der Waals surface area contributed by atoms with E-state index in [1.807, 2.05) is 0 Å². The first-order valence-electron chi connectivity index (χ1n) is 6.51. The molecule has 0 saturated heterocycles. The molecule has 0 heterocycles. The number of nitrogens with zero attached hydrogens (tertiary/aromatic N) is 1. The van der Waals surface area contributed by atoms with Gasteiger partial charge in [-0.25, -0.2) is 12.7 Å². The van der Waals surface area contributed by atoms with Gasteiger partial charge in [-0.1, -0.05) is 29.6 Å². The summed E-state index contributed by atoms with van der Waals surface area (Å²) in [7, 11) is -2.02. The van der Waals surface area contributed by atoms with Crippen LogP contribution in [0.5, 0.6) is 0 Å². The summed E-state index contributed by atoms with van der Waals surface area (Å²) >= 11 is 12.1. The maximum atomic E-state index is 12.6. The Kier molecular flexibility index (Phi) is 4.97. The lowest BCUT2D eigenvalue weighted by Gasteiger charge is -2.30. The third kappa shape index (κ3) is 2.97. The molecular formula is C13H18Cl2N2O2S. The van der Waals surface area contributed by atoms with Crippen molar-refractivity contribution in [2.24, 2.45) is 11.7 Å². The molecule has 1 fully saturated rings. The molecular weight excluding hydrogens is 319 g/mol. The summed E-state index contributed by atoms with van der Waals surface area (Å²) in [4.78, 5) is 0.0749. The Balaban J connectivity index is 2.33. The highest BCUT2D eigenvalue weighted by Gasteiger charge is 2.29. The quantitative estimate of drug-likeness (QED) is 0.899. The minimum Gasteiger partial charge on any atom is -0.326 e. The van der Waals surface area contributed by atoms with E-state index in [-0.39, 0.29) is 16.5 Å². The number of benzene rings is 1. The third-order valence-electron chi connectivity index (χ3n) is 3.78. The van der Waals surface area contributed by atoms with Crippen LogP contribution in [0.1, 0.15) is 24.8 Å². The molecule has 112 valence electrons. The van der Waals surface area contributed by atoms with Crippen LogP contribution in [0.3, 0.4) is 0 Å². The van der Waals surface area contributed by atoms with Crippen LogP contribution >= 0.6 is 23.2 Å². The van der Waals surface area contributed by atoms with Crippen molar-refractivity contribution >= 4 is 33.2 Å². The van der Waals surface area contributed by atoms with E-state index in [9.17, 15) is 8.42 Å². The van der Waals surface area contributed by atoms with Gasteiger partial charge in [0.2, 0.25) is 10.0 Å². The van der Waals surface area contributed by atoms with Gasteiger partial charge in [-0.15, -0.1) is 0 Å². The van der Waals surface area contributed by atoms with Crippen LogP contribution in [-0.4, -0.2) is 26.3 Å². The van der Waals surface area contributed by atoms with E-state index in [0.29, 0.717) is 23.0 Å². The van der Waals surface area contributed by atoms with Gasteiger partial charge in [-0.2, -0.15) is 0 Å². The van der Waals surface area contributed by atoms with E-state index in [2.05, 4.69) is 0 Å². The van der Waals surface area contributed by atoms with E-state index in [4.69, 9.17) is 28.9 Å². The Bertz CT molecular complexity index is 601. The van der Waals surface area contributed by atoms with Gasteiger partial charge in [0.1, 0.15) is 4.90 Å². The maximum absolute atomic E-state index is 12.6. The zero-order valence-electron chi connectivity index (χ0n) is 11.3. The molecule has 1 aromatic rings. The smallest absolute Gasteiger partial charge is 0.244 e. The van der Waals surface area contributed by atoms with Crippen molar-refractivity contribution in [3.8, 4) is 0 Å². The van der Waals surface area contributed by atoms with Gasteiger partial charge >= 0.3 is 0 Å². The van der Waals surface area contributed by atoms with Crippen LogP contribution in [0.2, 0.25) is 10.0 Å². The molecule has 2 N–H and O–H groups in total. The topological polar surface area (TPSA) is 63.4 Å². The largest absolute Gasteiger partial charge is 0.326 e. The SMILES string of the molecule is CN(CC1CCC1)S(=O)(=O)c1ccc(Cl)c(CN)c1Cl. The van der Waals surface area contributed by atoms with Gasteiger partial charge in [-0.05, 0) is 30.9 Å². The van der Waals surface area contributed by atoms with Gasteiger partial charge in [0, 0.05) is 30.7 Å². The van der Waals surface area contributed by atoms with Crippen LogP contribution in [0.25, 0.3) is 0 Å². The third-order valence-corrected chi connectivity index (χ3v) is 6.55. The zero-order valence-corrected chi connectivity index (χ0v) is 13.6. The number of hydrogen-bond donors (Lipinski definition) is 1. The van der Waals surface area contributed by atoms with Crippen LogP contribution in [0.15, 0.2) is 17.0 Å². The molecule has 0 bridgehead atoms. The number of sulfonamides is 1. The fourth-order valence-corrected chi connectivity index (χ4v) is 4.42. The van der Waals surface area contributed by atoms with E-state index in [1.54, 1.807) is 7.05 Å². The van der Waals surface area contributed by atoms with Gasteiger partial charge in [0.15, 0.2) is 0 Å². The molecule has 1 aliphatic carbocycles. The van der Waals surface area contributed by atoms with Crippen molar-refractivity contribution in [3.63, 3.8) is 0 Å². The minimum absolute atomic E-state index is 0.0749. The Labute approximate surface area is 129 Å². The number of hydrogen-bond acceptors (Lipinski definition) is 3. The molecule has 7 heteroatoms. The van der Waals surface area contributed by atoms with E-state index >= 15 is 0 Å². The van der Waals surface area contributed by atoms with Crippen molar-refractivity contribution in [1.82, 2.24) is 4.31 Å². The van der Waals surface area contributed by atoms with Crippen molar-refractivity contribution in [1.29, 1.82) is 0 Å². The summed E-state index contributed by atoms with van der Waals surface area (Å²) < 4.78 is 26.5. The Morgan fingerprint density at radius 2 is 2.00 bits per heavy atom. The van der Waals surface area contributed by atoms with Crippen molar-refractivity contribution in [2.75, 3.05) is 13.6 Å². The normalized spacial score (nSPS) is 16.4. The molecule has 1 aliphatic rings. The Hall–Kier alpha value is -0.330. The van der Waals surface area contributed by atoms with Gasteiger partial charge in [-0.3, -0.25) is 0 Å². The first-order valence-corrected chi connectivity index (χ1v) is 8.70. The summed E-state index contributed by atoms with van der Waals surface area (Å²) in [6.07, 6.45) is 3.35. The molecule has 0 amide bonds. The highest BCUT2D eigenvalue weighted by atomic mass is 35.5. The molecule has 20 heavy (non-hydrogen) atoms. The summed E-state index contributed by atoms with van der Waals surface area (Å²) in [6, 6.07) is 2.97. The number of rotatable bonds is 5. The summed E-state index contributed by atoms with van der Waals surface area (Å²) in [5.41, 5.74) is 6.04. The fraction of sp³-hybridized carbons (Fsp3) is 0.538. The number of halogens is 2. The summed E-state index contributed by atoms with van der Waals surface area (Å²) in [5.74, 6) is 0.454. The second-order valence-electron chi connectivity index (χ2n) is 5.12. The summed E-state index contributed by atoms with van der Waals surface area (Å²) in [6.45, 7) is 0.632. The first-order chi connectivity index (χ1) is 9.37. The molecule has 0 atom stereocenters. The molecule has 0 aliphatic heterocycles. The minimum atomic E-state index is -3.60. The molecule has 0 aromatic heterocycles. The molecule has 1 aromatic carbocycles. The van der Waals surface area contributed by atoms with Crippen LogP contribution in [0.4, 0.5) is 0 Å². The Morgan fingerprint density at radius 3 is 2.50 bits per heavy atom. The van der Waals surface area contributed by atoms with Crippen molar-refractivity contribution in [3.05, 3.63) is 27.7 Å². The molecule has 0 radical (unpaired) electrons. The molecule has 1 saturated carbocycles. The highest BCUT2D eigenvalue weighted by Crippen LogP contribution is 2.33.